The van der Waals surface area contributed by atoms with Gasteiger partial charge in [-0.2, -0.15) is 0 Å². The van der Waals surface area contributed by atoms with E-state index in [4.69, 9.17) is 0 Å². The summed E-state index contributed by atoms with van der Waals surface area (Å²) >= 11 is 0.734. The second-order valence-electron chi connectivity index (χ2n) is 6.76. The minimum Gasteiger partial charge on any atom is -0.268 e. The number of rotatable bonds is 6. The normalized spacial score (nSPS) is 11.8. The Labute approximate surface area is 190 Å². The summed E-state index contributed by atoms with van der Waals surface area (Å²) in [5, 5.41) is 1.25. The van der Waals surface area contributed by atoms with Crippen LogP contribution in [0, 0.1) is 0 Å². The molecular weight excluding hydrogens is 466 g/mol. The lowest BCUT2D eigenvalue weighted by atomic mass is 9.99. The van der Waals surface area contributed by atoms with E-state index in [1.165, 1.54) is 23.6 Å². The maximum atomic E-state index is 12.8. The zero-order valence-electron chi connectivity index (χ0n) is 16.5. The van der Waals surface area contributed by atoms with Gasteiger partial charge in [-0.25, -0.2) is 21.6 Å². The van der Waals surface area contributed by atoms with Gasteiger partial charge in [0.1, 0.15) is 4.21 Å². The molecule has 1 N–H and O–H groups in total. The van der Waals surface area contributed by atoms with Gasteiger partial charge in [0.25, 0.3) is 15.9 Å². The minimum absolute atomic E-state index is 0.0579. The quantitative estimate of drug-likeness (QED) is 0.439. The van der Waals surface area contributed by atoms with Gasteiger partial charge in [-0.3, -0.25) is 4.79 Å². The summed E-state index contributed by atoms with van der Waals surface area (Å²) in [6, 6.07) is 24.6. The number of sulfonamides is 1. The highest BCUT2D eigenvalue weighted by atomic mass is 32.2. The molecule has 32 heavy (non-hydrogen) atoms. The standard InChI is InChI=1S/C23H17NO5S3/c25-23(21-14-8-7-13-20(21)17-9-3-1-4-10-17)24-32(28,29)22-15-19(16-30-22)31(26,27)18-11-5-2-6-12-18/h1-16H,(H,24,25). The Morgan fingerprint density at radius 2 is 1.31 bits per heavy atom. The zero-order chi connectivity index (χ0) is 22.8. The van der Waals surface area contributed by atoms with E-state index >= 15 is 0 Å². The minimum atomic E-state index is -4.27. The molecule has 0 aliphatic rings. The van der Waals surface area contributed by atoms with Crippen molar-refractivity contribution in [2.45, 2.75) is 14.0 Å². The van der Waals surface area contributed by atoms with Gasteiger partial charge < -0.3 is 0 Å². The zero-order valence-corrected chi connectivity index (χ0v) is 19.0. The predicted molar refractivity (Wildman–Crippen MR) is 123 cm³/mol. The number of benzene rings is 3. The number of sulfone groups is 1. The molecule has 6 nitrogen and oxygen atoms in total. The van der Waals surface area contributed by atoms with E-state index in [1.807, 2.05) is 30.3 Å². The molecule has 0 aliphatic heterocycles. The van der Waals surface area contributed by atoms with Gasteiger partial charge >= 0.3 is 0 Å². The second-order valence-corrected chi connectivity index (χ2v) is 11.5. The summed E-state index contributed by atoms with van der Waals surface area (Å²) < 4.78 is 52.9. The number of amides is 1. The predicted octanol–water partition coefficient (Wildman–Crippen LogP) is 4.37. The molecule has 0 bridgehead atoms. The molecule has 162 valence electrons. The second kappa shape index (κ2) is 8.70. The molecule has 0 atom stereocenters. The third kappa shape index (κ3) is 4.36. The third-order valence-corrected chi connectivity index (χ3v) is 9.33. The third-order valence-electron chi connectivity index (χ3n) is 4.66. The molecule has 1 amide bonds. The lowest BCUT2D eigenvalue weighted by Crippen LogP contribution is -2.30. The van der Waals surface area contributed by atoms with Crippen molar-refractivity contribution < 1.29 is 21.6 Å². The number of hydrogen-bond donors (Lipinski definition) is 1. The highest BCUT2D eigenvalue weighted by Crippen LogP contribution is 2.29. The largest absolute Gasteiger partial charge is 0.273 e. The maximum absolute atomic E-state index is 12.8. The van der Waals surface area contributed by atoms with Crippen LogP contribution >= 0.6 is 11.3 Å². The molecule has 1 heterocycles. The Balaban J connectivity index is 1.63. The van der Waals surface area contributed by atoms with Gasteiger partial charge in [0.15, 0.2) is 0 Å². The van der Waals surface area contributed by atoms with Crippen LogP contribution in [0.4, 0.5) is 0 Å². The molecule has 4 rings (SSSR count). The van der Waals surface area contributed by atoms with Crippen molar-refractivity contribution >= 4 is 37.1 Å². The van der Waals surface area contributed by atoms with Gasteiger partial charge in [-0.15, -0.1) is 11.3 Å². The average molecular weight is 484 g/mol. The van der Waals surface area contributed by atoms with Crippen molar-refractivity contribution in [2.24, 2.45) is 0 Å². The lowest BCUT2D eigenvalue weighted by molar-refractivity contribution is 0.0982. The number of thiophene rings is 1. The summed E-state index contributed by atoms with van der Waals surface area (Å²) in [7, 11) is -8.14. The van der Waals surface area contributed by atoms with Crippen LogP contribution in [0.2, 0.25) is 0 Å². The lowest BCUT2D eigenvalue weighted by Gasteiger charge is -2.10. The first-order chi connectivity index (χ1) is 15.3. The van der Waals surface area contributed by atoms with Crippen LogP contribution < -0.4 is 4.72 Å². The summed E-state index contributed by atoms with van der Waals surface area (Å²) in [4.78, 5) is 12.8. The van der Waals surface area contributed by atoms with Crippen LogP contribution in [0.15, 0.2) is 110 Å². The first kappa shape index (κ1) is 21.9. The van der Waals surface area contributed by atoms with Crippen LogP contribution in [-0.2, 0) is 19.9 Å². The molecule has 4 aromatic rings. The molecule has 0 unspecified atom stereocenters. The first-order valence-corrected chi connectivity index (χ1v) is 13.2. The van der Waals surface area contributed by atoms with E-state index in [2.05, 4.69) is 4.72 Å². The maximum Gasteiger partial charge on any atom is 0.273 e. The molecule has 0 aliphatic carbocycles. The van der Waals surface area contributed by atoms with Gasteiger partial charge in [0, 0.05) is 10.9 Å². The van der Waals surface area contributed by atoms with Crippen LogP contribution in [-0.4, -0.2) is 22.7 Å². The molecule has 1 aromatic heterocycles. The highest BCUT2D eigenvalue weighted by Gasteiger charge is 2.26. The van der Waals surface area contributed by atoms with E-state index < -0.39 is 25.8 Å². The van der Waals surface area contributed by atoms with Crippen molar-refractivity contribution in [2.75, 3.05) is 0 Å². The molecule has 0 saturated heterocycles. The molecule has 0 fully saturated rings. The molecule has 9 heteroatoms. The number of carbonyl (C=O) groups excluding carboxylic acids is 1. The van der Waals surface area contributed by atoms with Crippen molar-refractivity contribution in [3.8, 4) is 11.1 Å². The first-order valence-electron chi connectivity index (χ1n) is 9.39. The fourth-order valence-corrected chi connectivity index (χ4v) is 6.96. The van der Waals surface area contributed by atoms with Crippen molar-refractivity contribution in [1.82, 2.24) is 4.72 Å². The van der Waals surface area contributed by atoms with Gasteiger partial charge in [-0.05, 0) is 35.4 Å². The Bertz CT molecular complexity index is 1480. The molecule has 3 aromatic carbocycles. The topological polar surface area (TPSA) is 97.4 Å². The van der Waals surface area contributed by atoms with Crippen LogP contribution in [0.3, 0.4) is 0 Å². The number of hydrogen-bond acceptors (Lipinski definition) is 6. The van der Waals surface area contributed by atoms with Crippen molar-refractivity contribution in [3.05, 3.63) is 102 Å². The van der Waals surface area contributed by atoms with Gasteiger partial charge in [-0.1, -0.05) is 66.7 Å². The SMILES string of the molecule is O=C(NS(=O)(=O)c1cc(S(=O)(=O)c2ccccc2)cs1)c1ccccc1-c1ccccc1. The van der Waals surface area contributed by atoms with E-state index in [1.54, 1.807) is 36.4 Å². The molecule has 0 saturated carbocycles. The van der Waals surface area contributed by atoms with Gasteiger partial charge in [0.05, 0.1) is 9.79 Å². The van der Waals surface area contributed by atoms with Crippen LogP contribution in [0.25, 0.3) is 11.1 Å². The Morgan fingerprint density at radius 1 is 0.719 bits per heavy atom. The monoisotopic (exact) mass is 483 g/mol. The van der Waals surface area contributed by atoms with Crippen LogP contribution in [0.5, 0.6) is 0 Å². The molecular formula is C23H17NO5S3. The van der Waals surface area contributed by atoms with E-state index in [0.717, 1.165) is 23.0 Å². The fourth-order valence-electron chi connectivity index (χ4n) is 3.10. The Hall–Kier alpha value is -3.27. The van der Waals surface area contributed by atoms with Crippen LogP contribution in [0.1, 0.15) is 10.4 Å². The fraction of sp³-hybridized carbons (Fsp3) is 0. The number of carbonyl (C=O) groups is 1. The summed E-state index contributed by atoms with van der Waals surface area (Å²) in [5.74, 6) is -0.801. The highest BCUT2D eigenvalue weighted by molar-refractivity contribution is 7.93. The summed E-state index contributed by atoms with van der Waals surface area (Å²) in [6.07, 6.45) is 0. The molecule has 0 spiro atoms. The summed E-state index contributed by atoms with van der Waals surface area (Å²) in [5.41, 5.74) is 1.54. The average Bonchev–Trinajstić information content (AvgIpc) is 3.32. The Morgan fingerprint density at radius 3 is 2.00 bits per heavy atom. The number of nitrogens with one attached hydrogen (secondary N) is 1. The van der Waals surface area contributed by atoms with Gasteiger partial charge in [0.2, 0.25) is 9.84 Å². The van der Waals surface area contributed by atoms with E-state index in [-0.39, 0.29) is 19.6 Å². The van der Waals surface area contributed by atoms with E-state index in [0.29, 0.717) is 5.56 Å². The Kier molecular flexibility index (Phi) is 5.96. The van der Waals surface area contributed by atoms with Crippen molar-refractivity contribution in [1.29, 1.82) is 0 Å². The molecule has 0 radical (unpaired) electrons. The summed E-state index contributed by atoms with van der Waals surface area (Å²) in [6.45, 7) is 0. The smallest absolute Gasteiger partial charge is 0.268 e. The van der Waals surface area contributed by atoms with E-state index in [9.17, 15) is 21.6 Å². The van der Waals surface area contributed by atoms with Crippen molar-refractivity contribution in [3.63, 3.8) is 0 Å².